The number of nitrogens with zero attached hydrogens (tertiary/aromatic N) is 2. The molecule has 0 radical (unpaired) electrons. The van der Waals surface area contributed by atoms with Gasteiger partial charge in [-0.05, 0) is 37.6 Å². The Morgan fingerprint density at radius 3 is 2.54 bits per heavy atom. The van der Waals surface area contributed by atoms with Crippen LogP contribution in [0.4, 0.5) is 15.9 Å². The molecular weight excluding hydrogens is 369 g/mol. The van der Waals surface area contributed by atoms with Crippen LogP contribution in [0.25, 0.3) is 21.3 Å². The summed E-state index contributed by atoms with van der Waals surface area (Å²) in [5, 5.41) is 4.28. The maximum Gasteiger partial charge on any atom is 0.143 e. The molecule has 0 bridgehead atoms. The van der Waals surface area contributed by atoms with E-state index in [0.717, 1.165) is 21.3 Å². The molecular formula is C20H15ClFN3S. The van der Waals surface area contributed by atoms with E-state index in [9.17, 15) is 4.39 Å². The molecule has 0 aliphatic rings. The lowest BCUT2D eigenvalue weighted by Crippen LogP contribution is -1.96. The Labute approximate surface area is 159 Å². The summed E-state index contributed by atoms with van der Waals surface area (Å²) in [5.41, 5.74) is 4.12. The molecule has 4 rings (SSSR count). The summed E-state index contributed by atoms with van der Waals surface area (Å²) in [7, 11) is 0. The third kappa shape index (κ3) is 3.04. The second-order valence-electron chi connectivity index (χ2n) is 6.06. The third-order valence-electron chi connectivity index (χ3n) is 4.19. The highest BCUT2D eigenvalue weighted by Crippen LogP contribution is 2.41. The summed E-state index contributed by atoms with van der Waals surface area (Å²) in [6.45, 7) is 4.15. The van der Waals surface area contributed by atoms with E-state index >= 15 is 0 Å². The maximum absolute atomic E-state index is 13.4. The van der Waals surface area contributed by atoms with Crippen molar-refractivity contribution in [2.24, 2.45) is 0 Å². The summed E-state index contributed by atoms with van der Waals surface area (Å²) in [6, 6.07) is 12.9. The molecule has 3 nitrogen and oxygen atoms in total. The molecule has 6 heteroatoms. The van der Waals surface area contributed by atoms with Crippen molar-refractivity contribution in [1.82, 2.24) is 9.97 Å². The van der Waals surface area contributed by atoms with Crippen LogP contribution in [-0.2, 0) is 0 Å². The molecule has 2 aromatic carbocycles. The molecule has 4 aromatic rings. The Morgan fingerprint density at radius 1 is 1.04 bits per heavy atom. The Balaban J connectivity index is 1.87. The number of thiophene rings is 1. The minimum Gasteiger partial charge on any atom is -0.340 e. The average Bonchev–Trinajstić information content (AvgIpc) is 2.96. The van der Waals surface area contributed by atoms with Gasteiger partial charge in [-0.25, -0.2) is 14.4 Å². The van der Waals surface area contributed by atoms with E-state index < -0.39 is 5.82 Å². The number of aryl methyl sites for hydroxylation is 2. The molecule has 2 aromatic heterocycles. The summed E-state index contributed by atoms with van der Waals surface area (Å²) in [5.74, 6) is 0.231. The number of rotatable bonds is 3. The Bertz CT molecular complexity index is 1110. The van der Waals surface area contributed by atoms with E-state index in [4.69, 9.17) is 11.6 Å². The Kier molecular flexibility index (Phi) is 4.34. The lowest BCUT2D eigenvalue weighted by molar-refractivity contribution is 0.628. The van der Waals surface area contributed by atoms with Crippen molar-refractivity contribution in [3.05, 3.63) is 70.1 Å². The van der Waals surface area contributed by atoms with E-state index in [-0.39, 0.29) is 5.02 Å². The smallest absolute Gasteiger partial charge is 0.143 e. The Morgan fingerprint density at radius 2 is 1.81 bits per heavy atom. The van der Waals surface area contributed by atoms with Crippen LogP contribution in [0, 0.1) is 19.7 Å². The molecule has 0 aliphatic heterocycles. The van der Waals surface area contributed by atoms with Crippen molar-refractivity contribution < 1.29 is 4.39 Å². The number of anilines is 2. The molecule has 0 unspecified atom stereocenters. The van der Waals surface area contributed by atoms with Gasteiger partial charge in [-0.15, -0.1) is 11.3 Å². The first-order valence-electron chi connectivity index (χ1n) is 8.06. The predicted octanol–water partition coefficient (Wildman–Crippen LogP) is 6.51. The second kappa shape index (κ2) is 6.67. The van der Waals surface area contributed by atoms with E-state index in [1.807, 2.05) is 0 Å². The molecule has 0 saturated heterocycles. The highest BCUT2D eigenvalue weighted by Gasteiger charge is 2.17. The standard InChI is InChI=1S/C20H15ClFN3S/c1-11-3-5-13(6-4-11)17-12(2)26-20-18(17)19(23-10-24-20)25-14-7-8-16(22)15(21)9-14/h3-10H,1-2H3,(H,23,24,25). The number of fused-ring (bicyclic) bond motifs is 1. The van der Waals surface area contributed by atoms with Crippen LogP contribution in [0.2, 0.25) is 5.02 Å². The maximum atomic E-state index is 13.4. The van der Waals surface area contributed by atoms with Crippen molar-refractivity contribution >= 4 is 44.7 Å². The molecule has 0 aliphatic carbocycles. The van der Waals surface area contributed by atoms with Gasteiger partial charge < -0.3 is 5.32 Å². The number of benzene rings is 2. The second-order valence-corrected chi connectivity index (χ2v) is 7.67. The van der Waals surface area contributed by atoms with Gasteiger partial charge in [0.2, 0.25) is 0 Å². The zero-order chi connectivity index (χ0) is 18.3. The van der Waals surface area contributed by atoms with E-state index in [1.165, 1.54) is 22.8 Å². The topological polar surface area (TPSA) is 37.8 Å². The SMILES string of the molecule is Cc1ccc(-c2c(C)sc3ncnc(Nc4ccc(F)c(Cl)c4)c23)cc1. The summed E-state index contributed by atoms with van der Waals surface area (Å²) in [4.78, 5) is 10.9. The van der Waals surface area contributed by atoms with Crippen LogP contribution in [0.15, 0.2) is 48.8 Å². The minimum absolute atomic E-state index is 0.0700. The summed E-state index contributed by atoms with van der Waals surface area (Å²) >= 11 is 7.53. The zero-order valence-corrected chi connectivity index (χ0v) is 15.7. The number of hydrogen-bond acceptors (Lipinski definition) is 4. The van der Waals surface area contributed by atoms with Crippen molar-refractivity contribution in [2.75, 3.05) is 5.32 Å². The zero-order valence-electron chi connectivity index (χ0n) is 14.2. The van der Waals surface area contributed by atoms with Gasteiger partial charge in [0.15, 0.2) is 0 Å². The predicted molar refractivity (Wildman–Crippen MR) is 107 cm³/mol. The van der Waals surface area contributed by atoms with Gasteiger partial charge in [-0.1, -0.05) is 41.4 Å². The van der Waals surface area contributed by atoms with Gasteiger partial charge in [-0.3, -0.25) is 0 Å². The molecule has 0 atom stereocenters. The number of hydrogen-bond donors (Lipinski definition) is 1. The molecule has 26 heavy (non-hydrogen) atoms. The molecule has 0 spiro atoms. The minimum atomic E-state index is -0.447. The van der Waals surface area contributed by atoms with Gasteiger partial charge in [0.1, 0.15) is 22.8 Å². The van der Waals surface area contributed by atoms with Crippen LogP contribution in [-0.4, -0.2) is 9.97 Å². The van der Waals surface area contributed by atoms with Crippen molar-refractivity contribution in [3.8, 4) is 11.1 Å². The lowest BCUT2D eigenvalue weighted by atomic mass is 10.0. The molecule has 0 fully saturated rings. The molecule has 0 amide bonds. The normalized spacial score (nSPS) is 11.1. The summed E-state index contributed by atoms with van der Waals surface area (Å²) < 4.78 is 13.4. The van der Waals surface area contributed by atoms with Gasteiger partial charge >= 0.3 is 0 Å². The van der Waals surface area contributed by atoms with Crippen LogP contribution in [0.5, 0.6) is 0 Å². The monoisotopic (exact) mass is 383 g/mol. The largest absolute Gasteiger partial charge is 0.340 e. The molecule has 130 valence electrons. The number of halogens is 2. The van der Waals surface area contributed by atoms with E-state index in [0.29, 0.717) is 11.5 Å². The number of aromatic nitrogens is 2. The van der Waals surface area contributed by atoms with Gasteiger partial charge in [-0.2, -0.15) is 0 Å². The van der Waals surface area contributed by atoms with Gasteiger partial charge in [0, 0.05) is 16.1 Å². The first-order valence-corrected chi connectivity index (χ1v) is 9.25. The molecule has 2 heterocycles. The number of nitrogens with one attached hydrogen (secondary N) is 1. The molecule has 1 N–H and O–H groups in total. The highest BCUT2D eigenvalue weighted by molar-refractivity contribution is 7.19. The average molecular weight is 384 g/mol. The fourth-order valence-corrected chi connectivity index (χ4v) is 4.11. The summed E-state index contributed by atoms with van der Waals surface area (Å²) in [6.07, 6.45) is 1.53. The fourth-order valence-electron chi connectivity index (χ4n) is 2.92. The molecule has 0 saturated carbocycles. The highest BCUT2D eigenvalue weighted by atomic mass is 35.5. The third-order valence-corrected chi connectivity index (χ3v) is 5.49. The van der Waals surface area contributed by atoms with Crippen molar-refractivity contribution in [2.45, 2.75) is 13.8 Å². The lowest BCUT2D eigenvalue weighted by Gasteiger charge is -2.10. The van der Waals surface area contributed by atoms with Crippen LogP contribution < -0.4 is 5.32 Å². The van der Waals surface area contributed by atoms with Gasteiger partial charge in [0.25, 0.3) is 0 Å². The Hall–Kier alpha value is -2.50. The fraction of sp³-hybridized carbons (Fsp3) is 0.100. The van der Waals surface area contributed by atoms with Crippen LogP contribution >= 0.6 is 22.9 Å². The van der Waals surface area contributed by atoms with Crippen molar-refractivity contribution in [3.63, 3.8) is 0 Å². The first-order chi connectivity index (χ1) is 12.5. The van der Waals surface area contributed by atoms with Crippen LogP contribution in [0.3, 0.4) is 0 Å². The van der Waals surface area contributed by atoms with E-state index in [2.05, 4.69) is 53.4 Å². The van der Waals surface area contributed by atoms with Gasteiger partial charge in [0.05, 0.1) is 10.4 Å². The van der Waals surface area contributed by atoms with E-state index in [1.54, 1.807) is 23.5 Å². The first kappa shape index (κ1) is 16.9. The van der Waals surface area contributed by atoms with Crippen molar-refractivity contribution in [1.29, 1.82) is 0 Å². The quantitative estimate of drug-likeness (QED) is 0.438. The van der Waals surface area contributed by atoms with Crippen LogP contribution in [0.1, 0.15) is 10.4 Å².